The van der Waals surface area contributed by atoms with Gasteiger partial charge in [-0.3, -0.25) is 4.99 Å². The van der Waals surface area contributed by atoms with Gasteiger partial charge in [0.15, 0.2) is 5.96 Å². The minimum absolute atomic E-state index is 0. The Kier molecular flexibility index (Phi) is 9.71. The smallest absolute Gasteiger partial charge is 0.213 e. The summed E-state index contributed by atoms with van der Waals surface area (Å²) in [4.78, 5) is 6.81. The first kappa shape index (κ1) is 24.1. The average Bonchev–Trinajstić information content (AvgIpc) is 3.30. The highest BCUT2D eigenvalue weighted by atomic mass is 127. The molecule has 8 nitrogen and oxygen atoms in total. The predicted octanol–water partition coefficient (Wildman–Crippen LogP) is 1.17. The lowest BCUT2D eigenvalue weighted by Crippen LogP contribution is -2.42. The summed E-state index contributed by atoms with van der Waals surface area (Å²) >= 11 is 0. The Hall–Kier alpha value is -0.170. The van der Waals surface area contributed by atoms with Crippen molar-refractivity contribution in [2.24, 2.45) is 10.4 Å². The van der Waals surface area contributed by atoms with Crippen LogP contribution in [0.1, 0.15) is 39.0 Å². The fourth-order valence-electron chi connectivity index (χ4n) is 4.05. The number of halogens is 1. The lowest BCUT2D eigenvalue weighted by molar-refractivity contribution is 0.0200. The number of sulfonamides is 1. The molecule has 164 valence electrons. The van der Waals surface area contributed by atoms with Gasteiger partial charge in [-0.2, -0.15) is 0 Å². The van der Waals surface area contributed by atoms with E-state index < -0.39 is 10.0 Å². The summed E-state index contributed by atoms with van der Waals surface area (Å²) in [5.74, 6) is 0.809. The maximum atomic E-state index is 12.3. The van der Waals surface area contributed by atoms with Crippen molar-refractivity contribution in [2.75, 3.05) is 58.3 Å². The maximum Gasteiger partial charge on any atom is 0.213 e. The van der Waals surface area contributed by atoms with Gasteiger partial charge in [0.1, 0.15) is 0 Å². The molecule has 0 saturated carbocycles. The van der Waals surface area contributed by atoms with Gasteiger partial charge < -0.3 is 19.7 Å². The van der Waals surface area contributed by atoms with Gasteiger partial charge in [-0.25, -0.2) is 13.1 Å². The topological polar surface area (TPSA) is 92.3 Å². The molecule has 0 bridgehead atoms. The molecule has 0 amide bonds. The molecule has 3 fully saturated rings. The van der Waals surface area contributed by atoms with E-state index in [0.29, 0.717) is 6.54 Å². The number of nitrogens with one attached hydrogen (secondary N) is 2. The SMILES string of the molecule is CCNC(=NCCS(=O)(=O)NCC1CCCCO1)N1CCC2(CCOC2)C1.I. The van der Waals surface area contributed by atoms with E-state index in [1.165, 1.54) is 0 Å². The zero-order valence-electron chi connectivity index (χ0n) is 16.8. The third-order valence-corrected chi connectivity index (χ3v) is 7.01. The molecule has 0 aromatic rings. The van der Waals surface area contributed by atoms with Crippen molar-refractivity contribution in [1.29, 1.82) is 0 Å². The Labute approximate surface area is 186 Å². The molecular formula is C18H35IN4O4S. The molecule has 0 radical (unpaired) electrons. The van der Waals surface area contributed by atoms with Crippen molar-refractivity contribution < 1.29 is 17.9 Å². The summed E-state index contributed by atoms with van der Waals surface area (Å²) in [6.07, 6.45) is 5.30. The highest BCUT2D eigenvalue weighted by Crippen LogP contribution is 2.38. The molecule has 28 heavy (non-hydrogen) atoms. The van der Waals surface area contributed by atoms with Crippen molar-refractivity contribution in [3.05, 3.63) is 0 Å². The third-order valence-electron chi connectivity index (χ3n) is 5.68. The van der Waals surface area contributed by atoms with Gasteiger partial charge >= 0.3 is 0 Å². The number of hydrogen-bond donors (Lipinski definition) is 2. The molecule has 3 aliphatic heterocycles. The second kappa shape index (κ2) is 11.3. The molecule has 3 aliphatic rings. The number of guanidine groups is 1. The minimum atomic E-state index is -3.34. The fourth-order valence-corrected chi connectivity index (χ4v) is 4.96. The molecule has 2 N–H and O–H groups in total. The first-order chi connectivity index (χ1) is 13.0. The lowest BCUT2D eigenvalue weighted by Gasteiger charge is -2.25. The van der Waals surface area contributed by atoms with Crippen LogP contribution in [0.4, 0.5) is 0 Å². The van der Waals surface area contributed by atoms with Crippen molar-refractivity contribution in [2.45, 2.75) is 45.1 Å². The zero-order chi connectivity index (χ0) is 19.2. The van der Waals surface area contributed by atoms with E-state index >= 15 is 0 Å². The van der Waals surface area contributed by atoms with Crippen LogP contribution < -0.4 is 10.0 Å². The highest BCUT2D eigenvalue weighted by Gasteiger charge is 2.42. The zero-order valence-corrected chi connectivity index (χ0v) is 20.0. The second-order valence-electron chi connectivity index (χ2n) is 7.87. The van der Waals surface area contributed by atoms with Crippen LogP contribution in [-0.4, -0.2) is 83.7 Å². The summed E-state index contributed by atoms with van der Waals surface area (Å²) in [7, 11) is -3.34. The van der Waals surface area contributed by atoms with Crippen LogP contribution in [-0.2, 0) is 19.5 Å². The van der Waals surface area contributed by atoms with Crippen LogP contribution in [0.25, 0.3) is 0 Å². The van der Waals surface area contributed by atoms with Gasteiger partial charge in [-0.05, 0) is 39.0 Å². The molecule has 0 aromatic heterocycles. The summed E-state index contributed by atoms with van der Waals surface area (Å²) in [5, 5.41) is 3.30. The van der Waals surface area contributed by atoms with Gasteiger partial charge in [-0.15, -0.1) is 24.0 Å². The minimum Gasteiger partial charge on any atom is -0.381 e. The van der Waals surface area contributed by atoms with Crippen molar-refractivity contribution in [3.63, 3.8) is 0 Å². The molecule has 3 heterocycles. The molecule has 0 aromatic carbocycles. The van der Waals surface area contributed by atoms with Crippen LogP contribution in [0, 0.1) is 5.41 Å². The van der Waals surface area contributed by atoms with Crippen molar-refractivity contribution in [1.82, 2.24) is 14.9 Å². The van der Waals surface area contributed by atoms with Crippen molar-refractivity contribution >= 4 is 40.0 Å². The van der Waals surface area contributed by atoms with Crippen LogP contribution >= 0.6 is 24.0 Å². The second-order valence-corrected chi connectivity index (χ2v) is 9.79. The van der Waals surface area contributed by atoms with Crippen LogP contribution in [0.2, 0.25) is 0 Å². The van der Waals surface area contributed by atoms with E-state index in [0.717, 1.165) is 77.5 Å². The van der Waals surface area contributed by atoms with Crippen molar-refractivity contribution in [3.8, 4) is 0 Å². The molecule has 1 spiro atoms. The number of hydrogen-bond acceptors (Lipinski definition) is 5. The summed E-state index contributed by atoms with van der Waals surface area (Å²) in [6.45, 7) is 7.68. The predicted molar refractivity (Wildman–Crippen MR) is 121 cm³/mol. The van der Waals surface area contributed by atoms with Crippen LogP contribution in [0.3, 0.4) is 0 Å². The van der Waals surface area contributed by atoms with E-state index in [1.807, 2.05) is 6.92 Å². The summed E-state index contributed by atoms with van der Waals surface area (Å²) in [5.41, 5.74) is 0.254. The van der Waals surface area contributed by atoms with Gasteiger partial charge in [-0.1, -0.05) is 0 Å². The van der Waals surface area contributed by atoms with E-state index in [9.17, 15) is 8.42 Å². The maximum absolute atomic E-state index is 12.3. The number of rotatable bonds is 7. The Morgan fingerprint density at radius 2 is 2.14 bits per heavy atom. The Balaban J connectivity index is 0.00000280. The summed E-state index contributed by atoms with van der Waals surface area (Å²) in [6, 6.07) is 0. The first-order valence-electron chi connectivity index (χ1n) is 10.2. The number of nitrogens with zero attached hydrogens (tertiary/aromatic N) is 2. The van der Waals surface area contributed by atoms with E-state index in [4.69, 9.17) is 9.47 Å². The molecule has 2 atom stereocenters. The van der Waals surface area contributed by atoms with E-state index in [-0.39, 0.29) is 47.8 Å². The van der Waals surface area contributed by atoms with Crippen LogP contribution in [0.15, 0.2) is 4.99 Å². The van der Waals surface area contributed by atoms with Gasteiger partial charge in [0.05, 0.1) is 25.0 Å². The van der Waals surface area contributed by atoms with E-state index in [2.05, 4.69) is 19.9 Å². The van der Waals surface area contributed by atoms with Gasteiger partial charge in [0.2, 0.25) is 10.0 Å². The Bertz CT molecular complexity index is 605. The number of ether oxygens (including phenoxy) is 2. The quantitative estimate of drug-likeness (QED) is 0.292. The normalized spacial score (nSPS) is 28.5. The highest BCUT2D eigenvalue weighted by molar-refractivity contribution is 14.0. The monoisotopic (exact) mass is 530 g/mol. The molecule has 0 aliphatic carbocycles. The molecule has 10 heteroatoms. The van der Waals surface area contributed by atoms with Gasteiger partial charge in [0.25, 0.3) is 0 Å². The van der Waals surface area contributed by atoms with Gasteiger partial charge in [0, 0.05) is 44.8 Å². The summed E-state index contributed by atoms with van der Waals surface area (Å²) < 4.78 is 38.3. The fraction of sp³-hybridized carbons (Fsp3) is 0.944. The first-order valence-corrected chi connectivity index (χ1v) is 11.9. The molecule has 2 unspecified atom stereocenters. The number of likely N-dealkylation sites (tertiary alicyclic amines) is 1. The molecular weight excluding hydrogens is 495 g/mol. The van der Waals surface area contributed by atoms with E-state index in [1.54, 1.807) is 0 Å². The Morgan fingerprint density at radius 1 is 1.29 bits per heavy atom. The average molecular weight is 530 g/mol. The Morgan fingerprint density at radius 3 is 2.82 bits per heavy atom. The van der Waals surface area contributed by atoms with Crippen LogP contribution in [0.5, 0.6) is 0 Å². The number of aliphatic imine (C=N–C) groups is 1. The molecule has 3 saturated heterocycles. The largest absolute Gasteiger partial charge is 0.381 e. The molecule has 3 rings (SSSR count). The lowest BCUT2D eigenvalue weighted by atomic mass is 9.87. The third kappa shape index (κ3) is 6.96. The standard InChI is InChI=1S/C18H34N4O4S.HI/c1-2-19-17(22-9-6-18(14-22)7-11-25-15-18)20-8-12-27(23,24)21-13-16-5-3-4-10-26-16;/h16,21H,2-15H2,1H3,(H,19,20);1H.